The maximum absolute atomic E-state index is 13.5. The molecule has 0 atom stereocenters. The minimum atomic E-state index is -0.341. The molecule has 11 heteroatoms. The molecule has 3 aromatic rings. The molecule has 0 aliphatic carbocycles. The number of piperidine rings is 1. The van der Waals surface area contributed by atoms with Crippen molar-refractivity contribution in [3.63, 3.8) is 0 Å². The van der Waals surface area contributed by atoms with E-state index >= 15 is 0 Å². The van der Waals surface area contributed by atoms with Crippen molar-refractivity contribution in [2.24, 2.45) is 5.73 Å². The van der Waals surface area contributed by atoms with Crippen molar-refractivity contribution in [3.8, 4) is 11.1 Å². The molecule has 5 rings (SSSR count). The first-order chi connectivity index (χ1) is 17.3. The number of rotatable bonds is 5. The number of hydrogen-bond donors (Lipinski definition) is 2. The summed E-state index contributed by atoms with van der Waals surface area (Å²) in [4.78, 5) is 54.9. The molecular formula is C25H28N8O3. The van der Waals surface area contributed by atoms with Crippen molar-refractivity contribution < 1.29 is 14.4 Å². The summed E-state index contributed by atoms with van der Waals surface area (Å²) in [7, 11) is 1.80. The summed E-state index contributed by atoms with van der Waals surface area (Å²) in [5.41, 5.74) is 9.70. The molecule has 2 aliphatic heterocycles. The number of amides is 4. The van der Waals surface area contributed by atoms with Crippen molar-refractivity contribution in [1.82, 2.24) is 24.8 Å². The molecule has 2 aliphatic rings. The smallest absolute Gasteiger partial charge is 0.324 e. The topological polar surface area (TPSA) is 138 Å². The fraction of sp³-hybridized carbons (Fsp3) is 0.360. The van der Waals surface area contributed by atoms with Crippen molar-refractivity contribution in [2.45, 2.75) is 32.4 Å². The van der Waals surface area contributed by atoms with E-state index in [2.05, 4.69) is 20.3 Å². The summed E-state index contributed by atoms with van der Waals surface area (Å²) in [6.45, 7) is 3.51. The Morgan fingerprint density at radius 1 is 1.08 bits per heavy atom. The Morgan fingerprint density at radius 3 is 2.47 bits per heavy atom. The summed E-state index contributed by atoms with van der Waals surface area (Å²) in [5.74, 6) is -0.332. The Bertz CT molecular complexity index is 1340. The standard InChI is InChI=1S/C25H28N8O3/c1-15(34)30-24-28-10-17(11-29-24)16-3-4-21-20(9-16)23-18(12-27-21)13-31(2)25(36)33(23)19-5-7-32(8-6-19)14-22(26)35/h3-4,9-12,19H,5-8,13-14H2,1-2H3,(H2,26,35)(H,28,29,30,34). The number of aromatic nitrogens is 3. The molecule has 36 heavy (non-hydrogen) atoms. The van der Waals surface area contributed by atoms with E-state index in [0.717, 1.165) is 46.1 Å². The van der Waals surface area contributed by atoms with Crippen LogP contribution in [0, 0.1) is 0 Å². The van der Waals surface area contributed by atoms with Crippen LogP contribution in [0.25, 0.3) is 22.0 Å². The number of benzene rings is 1. The largest absolute Gasteiger partial charge is 0.369 e. The van der Waals surface area contributed by atoms with Gasteiger partial charge in [0, 0.05) is 68.2 Å². The van der Waals surface area contributed by atoms with Gasteiger partial charge in [0.2, 0.25) is 17.8 Å². The predicted octanol–water partition coefficient (Wildman–Crippen LogP) is 1.97. The highest BCUT2D eigenvalue weighted by molar-refractivity contribution is 6.06. The van der Waals surface area contributed by atoms with Gasteiger partial charge in [0.1, 0.15) is 0 Å². The van der Waals surface area contributed by atoms with Gasteiger partial charge in [-0.05, 0) is 30.5 Å². The molecule has 4 heterocycles. The Kier molecular flexibility index (Phi) is 6.23. The Balaban J connectivity index is 1.52. The highest BCUT2D eigenvalue weighted by Crippen LogP contribution is 2.39. The maximum atomic E-state index is 13.5. The number of likely N-dealkylation sites (tertiary alicyclic amines) is 1. The third-order valence-electron chi connectivity index (χ3n) is 6.67. The summed E-state index contributed by atoms with van der Waals surface area (Å²) in [6.07, 6.45) is 6.66. The van der Waals surface area contributed by atoms with Crippen LogP contribution in [-0.2, 0) is 16.1 Å². The summed E-state index contributed by atoms with van der Waals surface area (Å²) in [6, 6.07) is 5.85. The van der Waals surface area contributed by atoms with E-state index in [0.29, 0.717) is 19.6 Å². The monoisotopic (exact) mass is 488 g/mol. The molecule has 0 bridgehead atoms. The van der Waals surface area contributed by atoms with Gasteiger partial charge in [0.05, 0.1) is 24.3 Å². The fourth-order valence-corrected chi connectivity index (χ4v) is 5.00. The number of anilines is 2. The minimum absolute atomic E-state index is 0.00217. The predicted molar refractivity (Wildman–Crippen MR) is 135 cm³/mol. The highest BCUT2D eigenvalue weighted by atomic mass is 16.2. The maximum Gasteiger partial charge on any atom is 0.324 e. The summed E-state index contributed by atoms with van der Waals surface area (Å²) < 4.78 is 0. The Labute approximate surface area is 208 Å². The van der Waals surface area contributed by atoms with E-state index in [-0.39, 0.29) is 36.4 Å². The van der Waals surface area contributed by atoms with Gasteiger partial charge in [-0.3, -0.25) is 29.7 Å². The van der Waals surface area contributed by atoms with Crippen molar-refractivity contribution in [2.75, 3.05) is 36.9 Å². The van der Waals surface area contributed by atoms with E-state index in [4.69, 9.17) is 5.73 Å². The van der Waals surface area contributed by atoms with E-state index in [9.17, 15) is 14.4 Å². The van der Waals surface area contributed by atoms with Gasteiger partial charge in [0.15, 0.2) is 0 Å². The average molecular weight is 489 g/mol. The van der Waals surface area contributed by atoms with E-state index in [1.807, 2.05) is 34.2 Å². The van der Waals surface area contributed by atoms with Crippen LogP contribution in [-0.4, -0.2) is 75.3 Å². The fourth-order valence-electron chi connectivity index (χ4n) is 5.00. The van der Waals surface area contributed by atoms with Crippen LogP contribution in [0.2, 0.25) is 0 Å². The number of pyridine rings is 1. The molecule has 2 aromatic heterocycles. The molecule has 0 radical (unpaired) electrons. The number of hydrogen-bond acceptors (Lipinski definition) is 7. The first kappa shape index (κ1) is 23.6. The third kappa shape index (κ3) is 4.57. The summed E-state index contributed by atoms with van der Waals surface area (Å²) >= 11 is 0. The van der Waals surface area contributed by atoms with Crippen molar-refractivity contribution in [1.29, 1.82) is 0 Å². The van der Waals surface area contributed by atoms with Crippen LogP contribution in [0.1, 0.15) is 25.3 Å². The quantitative estimate of drug-likeness (QED) is 0.560. The molecule has 11 nitrogen and oxygen atoms in total. The zero-order chi connectivity index (χ0) is 25.4. The van der Waals surface area contributed by atoms with E-state index < -0.39 is 0 Å². The number of fused-ring (bicyclic) bond motifs is 3. The zero-order valence-electron chi connectivity index (χ0n) is 20.3. The molecule has 0 spiro atoms. The van der Waals surface area contributed by atoms with Crippen LogP contribution in [0.15, 0.2) is 36.8 Å². The van der Waals surface area contributed by atoms with E-state index in [1.54, 1.807) is 24.3 Å². The van der Waals surface area contributed by atoms with Crippen molar-refractivity contribution in [3.05, 3.63) is 42.4 Å². The molecule has 186 valence electrons. The van der Waals surface area contributed by atoms with Crippen LogP contribution < -0.4 is 16.0 Å². The SMILES string of the molecule is CC(=O)Nc1ncc(-c2ccc3ncc4c(c3c2)N(C2CCN(CC(N)=O)CC2)C(=O)N(C)C4)cn1. The van der Waals surface area contributed by atoms with E-state index in [1.165, 1.54) is 6.92 Å². The van der Waals surface area contributed by atoms with Crippen molar-refractivity contribution >= 4 is 40.4 Å². The van der Waals surface area contributed by atoms with Crippen LogP contribution in [0.3, 0.4) is 0 Å². The lowest BCUT2D eigenvalue weighted by atomic mass is 9.97. The molecule has 1 aromatic carbocycles. The average Bonchev–Trinajstić information content (AvgIpc) is 2.85. The van der Waals surface area contributed by atoms with Gasteiger partial charge in [-0.1, -0.05) is 6.07 Å². The van der Waals surface area contributed by atoms with Gasteiger partial charge in [-0.15, -0.1) is 0 Å². The second-order valence-electron chi connectivity index (χ2n) is 9.32. The van der Waals surface area contributed by atoms with Crippen LogP contribution >= 0.6 is 0 Å². The number of urea groups is 1. The summed E-state index contributed by atoms with van der Waals surface area (Å²) in [5, 5.41) is 3.46. The molecule has 0 unspecified atom stereocenters. The molecule has 3 N–H and O–H groups in total. The molecule has 1 fully saturated rings. The van der Waals surface area contributed by atoms with Gasteiger partial charge in [0.25, 0.3) is 0 Å². The third-order valence-corrected chi connectivity index (χ3v) is 6.67. The first-order valence-corrected chi connectivity index (χ1v) is 11.9. The number of nitrogens with one attached hydrogen (secondary N) is 1. The number of nitrogens with two attached hydrogens (primary N) is 1. The lowest BCUT2D eigenvalue weighted by Gasteiger charge is -2.43. The van der Waals surface area contributed by atoms with Gasteiger partial charge >= 0.3 is 6.03 Å². The Hall–Kier alpha value is -4.12. The lowest BCUT2D eigenvalue weighted by Crippen LogP contribution is -2.54. The number of primary amides is 1. The van der Waals surface area contributed by atoms with Crippen LogP contribution in [0.4, 0.5) is 16.4 Å². The second-order valence-corrected chi connectivity index (χ2v) is 9.32. The molecular weight excluding hydrogens is 460 g/mol. The Morgan fingerprint density at radius 2 is 1.81 bits per heavy atom. The molecule has 1 saturated heterocycles. The second kappa shape index (κ2) is 9.50. The van der Waals surface area contributed by atoms with Gasteiger partial charge in [-0.2, -0.15) is 0 Å². The highest BCUT2D eigenvalue weighted by Gasteiger charge is 2.36. The van der Waals surface area contributed by atoms with Crippen LogP contribution in [0.5, 0.6) is 0 Å². The van der Waals surface area contributed by atoms with Gasteiger partial charge in [-0.25, -0.2) is 14.8 Å². The molecule has 0 saturated carbocycles. The zero-order valence-corrected chi connectivity index (χ0v) is 20.3. The number of carbonyl (C=O) groups excluding carboxylic acids is 3. The number of carbonyl (C=O) groups is 3. The normalized spacial score (nSPS) is 16.8. The minimum Gasteiger partial charge on any atom is -0.369 e. The first-order valence-electron chi connectivity index (χ1n) is 11.9. The molecule has 4 amide bonds. The number of nitrogens with zero attached hydrogens (tertiary/aromatic N) is 6. The van der Waals surface area contributed by atoms with Gasteiger partial charge < -0.3 is 10.6 Å². The lowest BCUT2D eigenvalue weighted by molar-refractivity contribution is -0.119.